The molecule has 0 aliphatic carbocycles. The molecule has 2 N–H and O–H groups in total. The first-order valence-electron chi connectivity index (χ1n) is 5.79. The van der Waals surface area contributed by atoms with Crippen LogP contribution in [-0.2, 0) is 11.3 Å². The summed E-state index contributed by atoms with van der Waals surface area (Å²) >= 11 is 0. The van der Waals surface area contributed by atoms with Crippen molar-refractivity contribution in [3.8, 4) is 0 Å². The van der Waals surface area contributed by atoms with E-state index in [9.17, 15) is 4.79 Å². The number of carbonyl (C=O) groups is 1. The highest BCUT2D eigenvalue weighted by atomic mass is 16.5. The van der Waals surface area contributed by atoms with Crippen molar-refractivity contribution < 1.29 is 14.4 Å². The topological polar surface area (TPSA) is 88.2 Å². The fourth-order valence-electron chi connectivity index (χ4n) is 1.48. The SMILES string of the molecule is Cc1nc(CNCCC(C)CCC(=O)O)no1. The summed E-state index contributed by atoms with van der Waals surface area (Å²) < 4.78 is 4.84. The Morgan fingerprint density at radius 3 is 2.88 bits per heavy atom. The van der Waals surface area contributed by atoms with Gasteiger partial charge in [-0.2, -0.15) is 4.98 Å². The first-order chi connectivity index (χ1) is 8.08. The zero-order valence-electron chi connectivity index (χ0n) is 10.3. The summed E-state index contributed by atoms with van der Waals surface area (Å²) in [5.74, 6) is 0.898. The number of hydrogen-bond acceptors (Lipinski definition) is 5. The van der Waals surface area contributed by atoms with Crippen LogP contribution in [0.25, 0.3) is 0 Å². The minimum Gasteiger partial charge on any atom is -0.481 e. The average molecular weight is 241 g/mol. The van der Waals surface area contributed by atoms with E-state index in [0.29, 0.717) is 24.2 Å². The Labute approximate surface area is 100 Å². The second kappa shape index (κ2) is 7.01. The van der Waals surface area contributed by atoms with Crippen LogP contribution in [0.3, 0.4) is 0 Å². The third-order valence-electron chi connectivity index (χ3n) is 2.52. The van der Waals surface area contributed by atoms with Crippen molar-refractivity contribution >= 4 is 5.97 Å². The molecule has 1 rings (SSSR count). The first kappa shape index (κ1) is 13.6. The fourth-order valence-corrected chi connectivity index (χ4v) is 1.48. The minimum absolute atomic E-state index is 0.241. The molecule has 1 heterocycles. The Morgan fingerprint density at radius 2 is 2.29 bits per heavy atom. The van der Waals surface area contributed by atoms with Crippen molar-refractivity contribution in [3.05, 3.63) is 11.7 Å². The molecule has 1 atom stereocenters. The summed E-state index contributed by atoms with van der Waals surface area (Å²) in [5.41, 5.74) is 0. The molecule has 1 aromatic heterocycles. The van der Waals surface area contributed by atoms with Gasteiger partial charge in [0.1, 0.15) is 0 Å². The van der Waals surface area contributed by atoms with Crippen LogP contribution < -0.4 is 5.32 Å². The Morgan fingerprint density at radius 1 is 1.53 bits per heavy atom. The summed E-state index contributed by atoms with van der Waals surface area (Å²) in [5, 5.41) is 15.5. The van der Waals surface area contributed by atoms with E-state index in [1.54, 1.807) is 6.92 Å². The highest BCUT2D eigenvalue weighted by Gasteiger charge is 2.06. The molecule has 1 aromatic rings. The van der Waals surface area contributed by atoms with E-state index in [1.807, 2.05) is 0 Å². The van der Waals surface area contributed by atoms with Gasteiger partial charge in [0.05, 0.1) is 6.54 Å². The van der Waals surface area contributed by atoms with Gasteiger partial charge in [-0.15, -0.1) is 0 Å². The van der Waals surface area contributed by atoms with Crippen LogP contribution >= 0.6 is 0 Å². The van der Waals surface area contributed by atoms with Gasteiger partial charge in [-0.3, -0.25) is 4.79 Å². The lowest BCUT2D eigenvalue weighted by Crippen LogP contribution is -2.18. The molecule has 0 aliphatic heterocycles. The van der Waals surface area contributed by atoms with E-state index in [1.165, 1.54) is 0 Å². The summed E-state index contributed by atoms with van der Waals surface area (Å²) in [6.07, 6.45) is 1.91. The second-order valence-corrected chi connectivity index (χ2v) is 4.23. The minimum atomic E-state index is -0.730. The summed E-state index contributed by atoms with van der Waals surface area (Å²) in [6, 6.07) is 0. The van der Waals surface area contributed by atoms with Gasteiger partial charge in [-0.1, -0.05) is 12.1 Å². The second-order valence-electron chi connectivity index (χ2n) is 4.23. The lowest BCUT2D eigenvalue weighted by molar-refractivity contribution is -0.137. The van der Waals surface area contributed by atoms with Crippen molar-refractivity contribution in [2.45, 2.75) is 39.7 Å². The van der Waals surface area contributed by atoms with Gasteiger partial charge in [-0.05, 0) is 25.3 Å². The van der Waals surface area contributed by atoms with E-state index < -0.39 is 5.97 Å². The Balaban J connectivity index is 2.05. The highest BCUT2D eigenvalue weighted by molar-refractivity contribution is 5.66. The number of rotatable bonds is 8. The molecule has 0 saturated heterocycles. The van der Waals surface area contributed by atoms with Gasteiger partial charge in [0.2, 0.25) is 5.89 Å². The van der Waals surface area contributed by atoms with Crippen LogP contribution in [0.1, 0.15) is 37.9 Å². The largest absolute Gasteiger partial charge is 0.481 e. The Kier molecular flexibility index (Phi) is 5.62. The zero-order valence-corrected chi connectivity index (χ0v) is 10.3. The predicted octanol–water partition coefficient (Wildman–Crippen LogP) is 1.36. The molecule has 0 radical (unpaired) electrons. The number of aryl methyl sites for hydroxylation is 1. The Hall–Kier alpha value is -1.43. The van der Waals surface area contributed by atoms with Gasteiger partial charge < -0.3 is 14.9 Å². The lowest BCUT2D eigenvalue weighted by atomic mass is 10.0. The zero-order chi connectivity index (χ0) is 12.7. The predicted molar refractivity (Wildman–Crippen MR) is 61.4 cm³/mol. The van der Waals surface area contributed by atoms with Gasteiger partial charge in [-0.25, -0.2) is 0 Å². The first-order valence-corrected chi connectivity index (χ1v) is 5.79. The van der Waals surface area contributed by atoms with E-state index >= 15 is 0 Å². The summed E-state index contributed by atoms with van der Waals surface area (Å²) in [6.45, 7) is 5.23. The summed E-state index contributed by atoms with van der Waals surface area (Å²) in [4.78, 5) is 14.4. The molecule has 0 spiro atoms. The molecule has 6 nitrogen and oxygen atoms in total. The average Bonchev–Trinajstić information content (AvgIpc) is 2.68. The fraction of sp³-hybridized carbons (Fsp3) is 0.727. The molecule has 0 fully saturated rings. The number of aromatic nitrogens is 2. The maximum Gasteiger partial charge on any atom is 0.303 e. The van der Waals surface area contributed by atoms with Gasteiger partial charge >= 0.3 is 5.97 Å². The van der Waals surface area contributed by atoms with Crippen LogP contribution in [-0.4, -0.2) is 27.8 Å². The number of carboxylic acid groups (broad SMARTS) is 1. The van der Waals surface area contributed by atoms with Crippen molar-refractivity contribution in [2.75, 3.05) is 6.54 Å². The monoisotopic (exact) mass is 241 g/mol. The molecule has 6 heteroatoms. The number of nitrogens with one attached hydrogen (secondary N) is 1. The van der Waals surface area contributed by atoms with Crippen LogP contribution in [0.2, 0.25) is 0 Å². The molecule has 0 amide bonds. The summed E-state index contributed by atoms with van der Waals surface area (Å²) in [7, 11) is 0. The maximum absolute atomic E-state index is 10.4. The third-order valence-corrected chi connectivity index (χ3v) is 2.52. The van der Waals surface area contributed by atoms with Gasteiger partial charge in [0, 0.05) is 13.3 Å². The van der Waals surface area contributed by atoms with Crippen LogP contribution in [0, 0.1) is 12.8 Å². The smallest absolute Gasteiger partial charge is 0.303 e. The Bertz CT molecular complexity index is 351. The standard InChI is InChI=1S/C11H19N3O3/c1-8(3-4-11(15)16)5-6-12-7-10-13-9(2)17-14-10/h8,12H,3-7H2,1-2H3,(H,15,16). The van der Waals surface area contributed by atoms with Crippen LogP contribution in [0.5, 0.6) is 0 Å². The van der Waals surface area contributed by atoms with E-state index in [4.69, 9.17) is 9.63 Å². The highest BCUT2D eigenvalue weighted by Crippen LogP contribution is 2.09. The maximum atomic E-state index is 10.4. The van der Waals surface area contributed by atoms with Gasteiger partial charge in [0.25, 0.3) is 0 Å². The van der Waals surface area contributed by atoms with Gasteiger partial charge in [0.15, 0.2) is 5.82 Å². The van der Waals surface area contributed by atoms with Crippen LogP contribution in [0.15, 0.2) is 4.52 Å². The number of hydrogen-bond donors (Lipinski definition) is 2. The van der Waals surface area contributed by atoms with Crippen LogP contribution in [0.4, 0.5) is 0 Å². The van der Waals surface area contributed by atoms with Crippen molar-refractivity contribution in [3.63, 3.8) is 0 Å². The van der Waals surface area contributed by atoms with Crippen molar-refractivity contribution in [1.29, 1.82) is 0 Å². The van der Waals surface area contributed by atoms with E-state index in [2.05, 4.69) is 22.4 Å². The molecule has 1 unspecified atom stereocenters. The number of carboxylic acids is 1. The molecule has 0 aliphatic rings. The molecule has 0 bridgehead atoms. The molecule has 0 aromatic carbocycles. The molecule has 0 saturated carbocycles. The van der Waals surface area contributed by atoms with E-state index in [-0.39, 0.29) is 6.42 Å². The lowest BCUT2D eigenvalue weighted by Gasteiger charge is -2.09. The molecular weight excluding hydrogens is 222 g/mol. The van der Waals surface area contributed by atoms with Crippen molar-refractivity contribution in [2.24, 2.45) is 5.92 Å². The normalized spacial score (nSPS) is 12.6. The third kappa shape index (κ3) is 6.01. The molecular formula is C11H19N3O3. The molecule has 17 heavy (non-hydrogen) atoms. The van der Waals surface area contributed by atoms with E-state index in [0.717, 1.165) is 19.4 Å². The number of aliphatic carboxylic acids is 1. The quantitative estimate of drug-likeness (QED) is 0.668. The van der Waals surface area contributed by atoms with Crippen molar-refractivity contribution in [1.82, 2.24) is 15.5 Å². The molecule has 96 valence electrons. The number of nitrogens with zero attached hydrogens (tertiary/aromatic N) is 2.